The van der Waals surface area contributed by atoms with Gasteiger partial charge in [0.1, 0.15) is 0 Å². The van der Waals surface area contributed by atoms with Crippen LogP contribution in [0.1, 0.15) is 11.1 Å². The summed E-state index contributed by atoms with van der Waals surface area (Å²) in [6, 6.07) is 24.4. The molecular formula is C26H22N2. The van der Waals surface area contributed by atoms with E-state index in [1.165, 1.54) is 10.8 Å². The predicted molar refractivity (Wildman–Crippen MR) is 124 cm³/mol. The van der Waals surface area contributed by atoms with Crippen molar-refractivity contribution in [3.05, 3.63) is 97.1 Å². The third-order valence-corrected chi connectivity index (χ3v) is 5.10. The molecular weight excluding hydrogens is 340 g/mol. The number of fused-ring (bicyclic) bond motifs is 1. The molecule has 136 valence electrons. The fourth-order valence-corrected chi connectivity index (χ4v) is 3.82. The Balaban J connectivity index is 2.17. The van der Waals surface area contributed by atoms with Crippen molar-refractivity contribution in [3.63, 3.8) is 0 Å². The molecule has 28 heavy (non-hydrogen) atoms. The maximum Gasteiger partial charge on any atom is 0.0314 e. The zero-order valence-corrected chi connectivity index (χ0v) is 15.7. The second kappa shape index (κ2) is 7.09. The Morgan fingerprint density at radius 3 is 1.21 bits per heavy atom. The van der Waals surface area contributed by atoms with E-state index in [4.69, 9.17) is 11.5 Å². The summed E-state index contributed by atoms with van der Waals surface area (Å²) in [4.78, 5) is 0. The number of hydrogen-bond donors (Lipinski definition) is 2. The smallest absolute Gasteiger partial charge is 0.0314 e. The second-order valence-corrected chi connectivity index (χ2v) is 6.78. The number of anilines is 2. The van der Waals surface area contributed by atoms with Crippen LogP contribution in [0.4, 0.5) is 11.4 Å². The quantitative estimate of drug-likeness (QED) is 0.401. The molecule has 4 N–H and O–H groups in total. The van der Waals surface area contributed by atoms with E-state index in [0.717, 1.165) is 44.8 Å². The van der Waals surface area contributed by atoms with Crippen LogP contribution in [0.3, 0.4) is 0 Å². The maximum absolute atomic E-state index is 5.91. The molecule has 0 amide bonds. The van der Waals surface area contributed by atoms with Gasteiger partial charge in [0.15, 0.2) is 0 Å². The van der Waals surface area contributed by atoms with E-state index in [2.05, 4.69) is 61.7 Å². The Kier molecular flexibility index (Phi) is 4.46. The van der Waals surface area contributed by atoms with Crippen LogP contribution in [0.2, 0.25) is 0 Å². The Morgan fingerprint density at radius 2 is 0.893 bits per heavy atom. The molecule has 0 aromatic heterocycles. The van der Waals surface area contributed by atoms with E-state index in [1.54, 1.807) is 0 Å². The van der Waals surface area contributed by atoms with E-state index in [0.29, 0.717) is 0 Å². The minimum Gasteiger partial charge on any atom is -0.399 e. The number of hydrogen-bond acceptors (Lipinski definition) is 2. The van der Waals surface area contributed by atoms with Crippen LogP contribution < -0.4 is 11.5 Å². The van der Waals surface area contributed by atoms with Gasteiger partial charge in [0.05, 0.1) is 0 Å². The van der Waals surface area contributed by atoms with Crippen molar-refractivity contribution < 1.29 is 0 Å². The molecule has 4 rings (SSSR count). The van der Waals surface area contributed by atoms with Gasteiger partial charge in [-0.25, -0.2) is 0 Å². The number of rotatable bonds is 4. The van der Waals surface area contributed by atoms with Crippen molar-refractivity contribution in [2.75, 3.05) is 11.5 Å². The molecule has 2 heteroatoms. The summed E-state index contributed by atoms with van der Waals surface area (Å²) >= 11 is 0. The molecule has 0 saturated carbocycles. The van der Waals surface area contributed by atoms with Crippen LogP contribution in [0.25, 0.3) is 45.2 Å². The van der Waals surface area contributed by atoms with E-state index in [-0.39, 0.29) is 0 Å². The first-order chi connectivity index (χ1) is 13.6. The van der Waals surface area contributed by atoms with Crippen LogP contribution in [-0.4, -0.2) is 0 Å². The lowest BCUT2D eigenvalue weighted by Gasteiger charge is -2.20. The summed E-state index contributed by atoms with van der Waals surface area (Å²) in [5.74, 6) is 0. The van der Waals surface area contributed by atoms with Crippen LogP contribution in [-0.2, 0) is 0 Å². The molecule has 0 radical (unpaired) electrons. The van der Waals surface area contributed by atoms with Gasteiger partial charge in [0.2, 0.25) is 0 Å². The maximum atomic E-state index is 5.91. The van der Waals surface area contributed by atoms with Gasteiger partial charge >= 0.3 is 0 Å². The third-order valence-electron chi connectivity index (χ3n) is 5.10. The summed E-state index contributed by atoms with van der Waals surface area (Å²) in [7, 11) is 0. The summed E-state index contributed by atoms with van der Waals surface area (Å²) in [6.45, 7) is 8.21. The number of nitrogens with two attached hydrogens (primary N) is 2. The second-order valence-electron chi connectivity index (χ2n) is 6.78. The molecule has 0 bridgehead atoms. The molecule has 0 aliphatic heterocycles. The molecule has 4 aromatic rings. The van der Waals surface area contributed by atoms with Crippen LogP contribution in [0, 0.1) is 0 Å². The van der Waals surface area contributed by atoms with Gasteiger partial charge in [-0.3, -0.25) is 0 Å². The molecule has 4 aromatic carbocycles. The highest BCUT2D eigenvalue weighted by Gasteiger charge is 2.18. The van der Waals surface area contributed by atoms with Crippen LogP contribution in [0.5, 0.6) is 0 Å². The van der Waals surface area contributed by atoms with Crippen LogP contribution >= 0.6 is 0 Å². The summed E-state index contributed by atoms with van der Waals surface area (Å²) in [6.07, 6.45) is 3.83. The Hall–Kier alpha value is -3.78. The van der Waals surface area contributed by atoms with E-state index < -0.39 is 0 Å². The molecule has 0 spiro atoms. The normalized spacial score (nSPS) is 10.7. The molecule has 0 aliphatic carbocycles. The largest absolute Gasteiger partial charge is 0.399 e. The van der Waals surface area contributed by atoms with E-state index in [1.807, 2.05) is 36.4 Å². The first kappa shape index (κ1) is 17.6. The van der Waals surface area contributed by atoms with Gasteiger partial charge in [0, 0.05) is 11.4 Å². The lowest BCUT2D eigenvalue weighted by molar-refractivity contribution is 1.58. The van der Waals surface area contributed by atoms with Crippen molar-refractivity contribution in [3.8, 4) is 22.3 Å². The highest BCUT2D eigenvalue weighted by atomic mass is 14.5. The van der Waals surface area contributed by atoms with Crippen molar-refractivity contribution in [2.45, 2.75) is 0 Å². The van der Waals surface area contributed by atoms with Crippen molar-refractivity contribution in [1.29, 1.82) is 0 Å². The Morgan fingerprint density at radius 1 is 0.536 bits per heavy atom. The molecule has 0 heterocycles. The molecule has 0 atom stereocenters. The van der Waals surface area contributed by atoms with Gasteiger partial charge in [-0.1, -0.05) is 73.8 Å². The van der Waals surface area contributed by atoms with Crippen LogP contribution in [0.15, 0.2) is 86.0 Å². The molecule has 0 unspecified atom stereocenters. The van der Waals surface area contributed by atoms with Gasteiger partial charge in [-0.2, -0.15) is 0 Å². The van der Waals surface area contributed by atoms with E-state index in [9.17, 15) is 0 Å². The molecule has 2 nitrogen and oxygen atoms in total. The van der Waals surface area contributed by atoms with Crippen molar-refractivity contribution >= 4 is 34.3 Å². The molecule has 0 aliphatic rings. The Bertz CT molecular complexity index is 1090. The monoisotopic (exact) mass is 362 g/mol. The number of benzene rings is 4. The topological polar surface area (TPSA) is 52.0 Å². The van der Waals surface area contributed by atoms with Crippen molar-refractivity contribution in [1.82, 2.24) is 0 Å². The molecule has 0 saturated heterocycles. The van der Waals surface area contributed by atoms with Gasteiger partial charge in [-0.05, 0) is 68.4 Å². The minimum absolute atomic E-state index is 0.746. The summed E-state index contributed by atoms with van der Waals surface area (Å²) < 4.78 is 0. The van der Waals surface area contributed by atoms with E-state index >= 15 is 0 Å². The summed E-state index contributed by atoms with van der Waals surface area (Å²) in [5, 5.41) is 2.33. The summed E-state index contributed by atoms with van der Waals surface area (Å²) in [5.41, 5.74) is 19.9. The van der Waals surface area contributed by atoms with Crippen molar-refractivity contribution in [2.24, 2.45) is 0 Å². The fraction of sp³-hybridized carbons (Fsp3) is 0. The van der Waals surface area contributed by atoms with Gasteiger partial charge in [0.25, 0.3) is 0 Å². The minimum atomic E-state index is 0.746. The van der Waals surface area contributed by atoms with Gasteiger partial charge < -0.3 is 11.5 Å². The molecule has 0 fully saturated rings. The SMILES string of the molecule is C=Cc1c(C=C)c(-c2ccc(N)cc2)c2ccccc2c1-c1ccc(N)cc1. The fourth-order valence-electron chi connectivity index (χ4n) is 3.82. The third kappa shape index (κ3) is 2.85. The highest BCUT2D eigenvalue weighted by Crippen LogP contribution is 2.43. The predicted octanol–water partition coefficient (Wildman–Crippen LogP) is 6.62. The standard InChI is InChI=1S/C26H22N2/c1-3-21-22(4-2)26(18-11-15-20(28)16-12-18)24-8-6-5-7-23(24)25(21)17-9-13-19(27)14-10-17/h3-16H,1-2,27-28H2. The average molecular weight is 362 g/mol. The zero-order chi connectivity index (χ0) is 19.7. The lowest BCUT2D eigenvalue weighted by Crippen LogP contribution is -1.96. The zero-order valence-electron chi connectivity index (χ0n) is 15.7. The lowest BCUT2D eigenvalue weighted by atomic mass is 9.83. The highest BCUT2D eigenvalue weighted by molar-refractivity contribution is 6.11. The van der Waals surface area contributed by atoms with Gasteiger partial charge in [-0.15, -0.1) is 0 Å². The number of nitrogen functional groups attached to an aromatic ring is 2. The average Bonchev–Trinajstić information content (AvgIpc) is 2.73. The first-order valence-electron chi connectivity index (χ1n) is 9.19. The Labute approximate surface area is 165 Å². The first-order valence-corrected chi connectivity index (χ1v) is 9.19.